The minimum atomic E-state index is -0.266. The summed E-state index contributed by atoms with van der Waals surface area (Å²) in [7, 11) is 0. The molecule has 2 amide bonds. The van der Waals surface area contributed by atoms with Crippen LogP contribution in [-0.2, 0) is 16.0 Å². The van der Waals surface area contributed by atoms with Crippen molar-refractivity contribution in [2.45, 2.75) is 20.3 Å². The molecule has 3 aromatic rings. The first-order valence-corrected chi connectivity index (χ1v) is 10.2. The van der Waals surface area contributed by atoms with Crippen molar-refractivity contribution in [3.8, 4) is 0 Å². The van der Waals surface area contributed by atoms with Crippen LogP contribution < -0.4 is 9.80 Å². The molecule has 0 spiro atoms. The first-order valence-electron chi connectivity index (χ1n) is 10.2. The van der Waals surface area contributed by atoms with Gasteiger partial charge in [0.15, 0.2) is 0 Å². The lowest BCUT2D eigenvalue weighted by Crippen LogP contribution is -2.35. The highest BCUT2D eigenvalue weighted by atomic mass is 16.2. The van der Waals surface area contributed by atoms with E-state index in [2.05, 4.69) is 6.07 Å². The molecule has 30 heavy (non-hydrogen) atoms. The van der Waals surface area contributed by atoms with Crippen molar-refractivity contribution in [2.75, 3.05) is 16.3 Å². The molecular formula is C26H22N2O2. The number of hydrogen-bond acceptors (Lipinski definition) is 3. The Morgan fingerprint density at radius 1 is 0.733 bits per heavy atom. The van der Waals surface area contributed by atoms with E-state index in [-0.39, 0.29) is 11.8 Å². The second kappa shape index (κ2) is 6.99. The van der Waals surface area contributed by atoms with E-state index in [0.29, 0.717) is 23.5 Å². The Hall–Kier alpha value is -3.66. The maximum Gasteiger partial charge on any atom is 0.282 e. The van der Waals surface area contributed by atoms with E-state index in [0.717, 1.165) is 28.8 Å². The van der Waals surface area contributed by atoms with Gasteiger partial charge in [-0.25, -0.2) is 4.90 Å². The Morgan fingerprint density at radius 3 is 2.13 bits per heavy atom. The maximum absolute atomic E-state index is 13.7. The largest absolute Gasteiger partial charge is 0.336 e. The van der Waals surface area contributed by atoms with Gasteiger partial charge in [-0.3, -0.25) is 9.59 Å². The SMILES string of the molecule is Cc1ccc(C2=C(N3CCc4ccccc43)C(=O)N(c3ccccc3C)C2=O)cc1. The molecule has 4 heteroatoms. The van der Waals surface area contributed by atoms with Crippen molar-refractivity contribution < 1.29 is 9.59 Å². The quantitative estimate of drug-likeness (QED) is 0.607. The van der Waals surface area contributed by atoms with Gasteiger partial charge >= 0.3 is 0 Å². The van der Waals surface area contributed by atoms with E-state index in [1.807, 2.05) is 85.5 Å². The van der Waals surface area contributed by atoms with Gasteiger partial charge in [0.1, 0.15) is 5.70 Å². The summed E-state index contributed by atoms with van der Waals surface area (Å²) in [5.74, 6) is -0.529. The third kappa shape index (κ3) is 2.76. The summed E-state index contributed by atoms with van der Waals surface area (Å²) in [6, 6.07) is 23.4. The summed E-state index contributed by atoms with van der Waals surface area (Å²) in [6.45, 7) is 4.62. The van der Waals surface area contributed by atoms with Crippen LogP contribution in [0.5, 0.6) is 0 Å². The number of carbonyl (C=O) groups is 2. The minimum Gasteiger partial charge on any atom is -0.336 e. The summed E-state index contributed by atoms with van der Waals surface area (Å²) in [5.41, 5.74) is 6.56. The van der Waals surface area contributed by atoms with E-state index in [1.54, 1.807) is 0 Å². The Kier molecular flexibility index (Phi) is 4.28. The van der Waals surface area contributed by atoms with Gasteiger partial charge in [-0.15, -0.1) is 0 Å². The Labute approximate surface area is 176 Å². The number of rotatable bonds is 3. The molecule has 148 valence electrons. The van der Waals surface area contributed by atoms with Gasteiger partial charge < -0.3 is 4.90 Å². The van der Waals surface area contributed by atoms with Crippen LogP contribution >= 0.6 is 0 Å². The van der Waals surface area contributed by atoms with Crippen molar-refractivity contribution in [2.24, 2.45) is 0 Å². The van der Waals surface area contributed by atoms with Crippen molar-refractivity contribution in [3.63, 3.8) is 0 Å². The third-order valence-electron chi connectivity index (χ3n) is 5.91. The molecule has 0 radical (unpaired) electrons. The fourth-order valence-electron chi connectivity index (χ4n) is 4.35. The molecule has 4 nitrogen and oxygen atoms in total. The molecule has 5 rings (SSSR count). The summed E-state index contributed by atoms with van der Waals surface area (Å²) in [4.78, 5) is 30.7. The predicted molar refractivity (Wildman–Crippen MR) is 119 cm³/mol. The molecule has 2 aliphatic rings. The number of anilines is 2. The lowest BCUT2D eigenvalue weighted by molar-refractivity contribution is -0.120. The first-order chi connectivity index (χ1) is 14.6. The molecule has 0 unspecified atom stereocenters. The van der Waals surface area contributed by atoms with E-state index < -0.39 is 0 Å². The Balaban J connectivity index is 1.70. The van der Waals surface area contributed by atoms with Crippen LogP contribution in [0.15, 0.2) is 78.5 Å². The van der Waals surface area contributed by atoms with Gasteiger partial charge in [-0.1, -0.05) is 66.2 Å². The van der Waals surface area contributed by atoms with E-state index in [4.69, 9.17) is 0 Å². The van der Waals surface area contributed by atoms with E-state index >= 15 is 0 Å². The van der Waals surface area contributed by atoms with Crippen LogP contribution in [-0.4, -0.2) is 18.4 Å². The molecule has 0 bridgehead atoms. The number of amides is 2. The highest BCUT2D eigenvalue weighted by Crippen LogP contribution is 2.40. The van der Waals surface area contributed by atoms with E-state index in [1.165, 1.54) is 10.5 Å². The highest BCUT2D eigenvalue weighted by Gasteiger charge is 2.44. The molecule has 0 saturated heterocycles. The normalized spacial score (nSPS) is 15.9. The molecule has 2 heterocycles. The van der Waals surface area contributed by atoms with Crippen molar-refractivity contribution in [1.29, 1.82) is 0 Å². The number of carbonyl (C=O) groups excluding carboxylic acids is 2. The molecular weight excluding hydrogens is 372 g/mol. The van der Waals surface area contributed by atoms with Crippen molar-refractivity contribution in [1.82, 2.24) is 0 Å². The van der Waals surface area contributed by atoms with Gasteiger partial charge in [0.2, 0.25) is 0 Å². The number of aryl methyl sites for hydroxylation is 2. The number of nitrogens with zero attached hydrogens (tertiary/aromatic N) is 2. The van der Waals surface area contributed by atoms with Gasteiger partial charge in [0, 0.05) is 12.2 Å². The zero-order chi connectivity index (χ0) is 20.8. The van der Waals surface area contributed by atoms with Crippen LogP contribution in [0.25, 0.3) is 5.57 Å². The van der Waals surface area contributed by atoms with Crippen LogP contribution in [0.4, 0.5) is 11.4 Å². The number of benzene rings is 3. The van der Waals surface area contributed by atoms with Gasteiger partial charge in [-0.2, -0.15) is 0 Å². The topological polar surface area (TPSA) is 40.6 Å². The fraction of sp³-hybridized carbons (Fsp3) is 0.154. The average molecular weight is 394 g/mol. The highest BCUT2D eigenvalue weighted by molar-refractivity contribution is 6.46. The van der Waals surface area contributed by atoms with Crippen molar-refractivity contribution >= 4 is 28.8 Å². The second-order valence-corrected chi connectivity index (χ2v) is 7.85. The lowest BCUT2D eigenvalue weighted by atomic mass is 10.0. The zero-order valence-corrected chi connectivity index (χ0v) is 17.1. The van der Waals surface area contributed by atoms with Crippen molar-refractivity contribution in [3.05, 3.63) is 101 Å². The van der Waals surface area contributed by atoms with Gasteiger partial charge in [-0.05, 0) is 49.1 Å². The summed E-state index contributed by atoms with van der Waals surface area (Å²) >= 11 is 0. The summed E-state index contributed by atoms with van der Waals surface area (Å²) in [6.07, 6.45) is 0.854. The fourth-order valence-corrected chi connectivity index (χ4v) is 4.35. The molecule has 0 aliphatic carbocycles. The first kappa shape index (κ1) is 18.4. The Morgan fingerprint density at radius 2 is 1.40 bits per heavy atom. The van der Waals surface area contributed by atoms with Gasteiger partial charge in [0.05, 0.1) is 11.3 Å². The monoisotopic (exact) mass is 394 g/mol. The smallest absolute Gasteiger partial charge is 0.282 e. The molecule has 0 saturated carbocycles. The predicted octanol–water partition coefficient (Wildman–Crippen LogP) is 4.65. The third-order valence-corrected chi connectivity index (χ3v) is 5.91. The zero-order valence-electron chi connectivity index (χ0n) is 17.1. The molecule has 0 N–H and O–H groups in total. The molecule has 0 aromatic heterocycles. The van der Waals surface area contributed by atoms with Gasteiger partial charge in [0.25, 0.3) is 11.8 Å². The molecule has 0 fully saturated rings. The average Bonchev–Trinajstić information content (AvgIpc) is 3.28. The number of imide groups is 1. The minimum absolute atomic E-state index is 0.262. The number of fused-ring (bicyclic) bond motifs is 1. The van der Waals surface area contributed by atoms with Crippen LogP contribution in [0.3, 0.4) is 0 Å². The van der Waals surface area contributed by atoms with Crippen LogP contribution in [0.1, 0.15) is 22.3 Å². The summed E-state index contributed by atoms with van der Waals surface area (Å²) < 4.78 is 0. The molecule has 3 aromatic carbocycles. The second-order valence-electron chi connectivity index (χ2n) is 7.85. The standard InChI is InChI=1S/C26H22N2O2/c1-17-11-13-20(14-12-17)23-24(27-16-15-19-8-4-6-10-22(19)27)26(30)28(25(23)29)21-9-5-3-7-18(21)2/h3-14H,15-16H2,1-2H3. The number of hydrogen-bond donors (Lipinski definition) is 0. The maximum atomic E-state index is 13.7. The summed E-state index contributed by atoms with van der Waals surface area (Å²) in [5, 5.41) is 0. The Bertz CT molecular complexity index is 1210. The van der Waals surface area contributed by atoms with Crippen LogP contribution in [0.2, 0.25) is 0 Å². The molecule has 2 aliphatic heterocycles. The van der Waals surface area contributed by atoms with Crippen LogP contribution in [0, 0.1) is 13.8 Å². The van der Waals surface area contributed by atoms with E-state index in [9.17, 15) is 9.59 Å². The number of para-hydroxylation sites is 2. The lowest BCUT2D eigenvalue weighted by Gasteiger charge is -2.22. The molecule has 0 atom stereocenters.